The molecule has 2 rings (SSSR count). The number of carboxylic acid groups (broad SMARTS) is 1. The van der Waals surface area contributed by atoms with Gasteiger partial charge in [-0.2, -0.15) is 0 Å². The first-order valence-corrected chi connectivity index (χ1v) is 7.71. The fraction of sp³-hybridized carbons (Fsp3) is 0.588. The molecule has 1 aliphatic heterocycles. The van der Waals surface area contributed by atoms with Crippen LogP contribution < -0.4 is 0 Å². The van der Waals surface area contributed by atoms with E-state index in [1.165, 1.54) is 25.7 Å². The number of nitrogens with zero attached hydrogens (tertiary/aromatic N) is 1. The highest BCUT2D eigenvalue weighted by atomic mass is 16.4. The molecule has 0 amide bonds. The fourth-order valence-electron chi connectivity index (χ4n) is 3.21. The molecule has 1 N–H and O–H groups in total. The first-order valence-electron chi connectivity index (χ1n) is 7.71. The highest BCUT2D eigenvalue weighted by Gasteiger charge is 2.25. The van der Waals surface area contributed by atoms with Crippen molar-refractivity contribution in [2.45, 2.75) is 45.1 Å². The Bertz CT molecular complexity index is 418. The molecule has 0 radical (unpaired) electrons. The van der Waals surface area contributed by atoms with E-state index in [0.717, 1.165) is 24.6 Å². The molecule has 1 aromatic rings. The highest BCUT2D eigenvalue weighted by molar-refractivity contribution is 5.67. The molecule has 0 saturated carbocycles. The predicted octanol–water partition coefficient (Wildman–Crippen LogP) is 3.71. The van der Waals surface area contributed by atoms with E-state index in [0.29, 0.717) is 0 Å². The van der Waals surface area contributed by atoms with Gasteiger partial charge in [-0.15, -0.1) is 0 Å². The zero-order chi connectivity index (χ0) is 14.4. The number of hydrogen-bond donors (Lipinski definition) is 1. The van der Waals surface area contributed by atoms with Crippen molar-refractivity contribution >= 4 is 5.97 Å². The lowest BCUT2D eigenvalue weighted by atomic mass is 9.98. The number of carboxylic acids is 1. The quantitative estimate of drug-likeness (QED) is 0.890. The van der Waals surface area contributed by atoms with E-state index in [2.05, 4.69) is 24.0 Å². The molecule has 20 heavy (non-hydrogen) atoms. The first kappa shape index (κ1) is 15.0. The third-order valence-corrected chi connectivity index (χ3v) is 4.45. The summed E-state index contributed by atoms with van der Waals surface area (Å²) in [6, 6.07) is 10.1. The van der Waals surface area contributed by atoms with E-state index in [4.69, 9.17) is 0 Å². The summed E-state index contributed by atoms with van der Waals surface area (Å²) in [5.41, 5.74) is 1.13. The smallest absolute Gasteiger partial charge is 0.305 e. The van der Waals surface area contributed by atoms with Crippen molar-refractivity contribution in [2.24, 2.45) is 5.92 Å². The lowest BCUT2D eigenvalue weighted by Gasteiger charge is -2.30. The van der Waals surface area contributed by atoms with Gasteiger partial charge < -0.3 is 5.11 Å². The van der Waals surface area contributed by atoms with Crippen LogP contribution in [0.1, 0.15) is 50.6 Å². The Hall–Kier alpha value is -1.35. The van der Waals surface area contributed by atoms with Crippen LogP contribution in [-0.4, -0.2) is 29.1 Å². The third kappa shape index (κ3) is 4.07. The van der Waals surface area contributed by atoms with Crippen LogP contribution >= 0.6 is 0 Å². The molecule has 1 saturated heterocycles. The van der Waals surface area contributed by atoms with Gasteiger partial charge in [0.25, 0.3) is 0 Å². The minimum atomic E-state index is -0.713. The first-order chi connectivity index (χ1) is 9.70. The molecular weight excluding hydrogens is 250 g/mol. The van der Waals surface area contributed by atoms with Crippen molar-refractivity contribution in [1.29, 1.82) is 0 Å². The zero-order valence-electron chi connectivity index (χ0n) is 12.3. The van der Waals surface area contributed by atoms with Gasteiger partial charge >= 0.3 is 5.97 Å². The van der Waals surface area contributed by atoms with E-state index < -0.39 is 5.97 Å². The van der Waals surface area contributed by atoms with Crippen molar-refractivity contribution < 1.29 is 9.90 Å². The van der Waals surface area contributed by atoms with Gasteiger partial charge in [0.15, 0.2) is 0 Å². The van der Waals surface area contributed by atoms with Crippen LogP contribution in [0.5, 0.6) is 0 Å². The van der Waals surface area contributed by atoms with Gasteiger partial charge in [-0.1, -0.05) is 43.7 Å². The minimum Gasteiger partial charge on any atom is -0.481 e. The largest absolute Gasteiger partial charge is 0.481 e. The van der Waals surface area contributed by atoms with E-state index >= 15 is 0 Å². The summed E-state index contributed by atoms with van der Waals surface area (Å²) in [6.07, 6.45) is 5.09. The fourth-order valence-corrected chi connectivity index (χ4v) is 3.21. The maximum atomic E-state index is 11.2. The Morgan fingerprint density at radius 2 is 2.05 bits per heavy atom. The second kappa shape index (κ2) is 7.44. The Morgan fingerprint density at radius 3 is 2.70 bits per heavy atom. The average Bonchev–Trinajstić information content (AvgIpc) is 2.71. The molecule has 2 atom stereocenters. The van der Waals surface area contributed by atoms with Gasteiger partial charge in [-0.3, -0.25) is 9.69 Å². The highest BCUT2D eigenvalue weighted by Crippen LogP contribution is 2.29. The molecule has 0 spiro atoms. The van der Waals surface area contributed by atoms with Crippen LogP contribution in [-0.2, 0) is 4.79 Å². The number of hydrogen-bond acceptors (Lipinski definition) is 2. The van der Waals surface area contributed by atoms with Gasteiger partial charge in [0.1, 0.15) is 0 Å². The number of benzene rings is 1. The number of likely N-dealkylation sites (tertiary alicyclic amines) is 1. The molecule has 3 heteroatoms. The molecule has 0 aliphatic carbocycles. The Labute approximate surface area is 121 Å². The Kier molecular flexibility index (Phi) is 5.60. The van der Waals surface area contributed by atoms with Crippen molar-refractivity contribution in [3.05, 3.63) is 35.9 Å². The number of carbonyl (C=O) groups is 1. The van der Waals surface area contributed by atoms with Crippen LogP contribution in [0.15, 0.2) is 30.3 Å². The molecule has 2 unspecified atom stereocenters. The Morgan fingerprint density at radius 1 is 1.30 bits per heavy atom. The third-order valence-electron chi connectivity index (χ3n) is 4.45. The summed E-state index contributed by atoms with van der Waals surface area (Å²) >= 11 is 0. The van der Waals surface area contributed by atoms with Crippen LogP contribution in [0.3, 0.4) is 0 Å². The molecule has 0 aromatic heterocycles. The van der Waals surface area contributed by atoms with E-state index in [1.807, 2.05) is 18.2 Å². The summed E-state index contributed by atoms with van der Waals surface area (Å²) in [4.78, 5) is 13.6. The van der Waals surface area contributed by atoms with E-state index in [-0.39, 0.29) is 12.5 Å². The molecule has 1 heterocycles. The number of rotatable bonds is 5. The molecule has 3 nitrogen and oxygen atoms in total. The second-order valence-electron chi connectivity index (χ2n) is 5.77. The summed E-state index contributed by atoms with van der Waals surface area (Å²) in [6.45, 7) is 4.29. The van der Waals surface area contributed by atoms with Gasteiger partial charge in [-0.05, 0) is 43.8 Å². The molecule has 1 aromatic carbocycles. The van der Waals surface area contributed by atoms with Crippen LogP contribution in [0.2, 0.25) is 0 Å². The maximum Gasteiger partial charge on any atom is 0.305 e. The van der Waals surface area contributed by atoms with Gasteiger partial charge in [-0.25, -0.2) is 0 Å². The summed E-state index contributed by atoms with van der Waals surface area (Å²) < 4.78 is 0. The normalized spacial score (nSPS) is 22.1. The van der Waals surface area contributed by atoms with Gasteiger partial charge in [0, 0.05) is 6.04 Å². The minimum absolute atomic E-state index is 0.0179. The Balaban J connectivity index is 2.12. The van der Waals surface area contributed by atoms with Crippen LogP contribution in [0, 0.1) is 5.92 Å². The summed E-state index contributed by atoms with van der Waals surface area (Å²) in [5, 5.41) is 9.22. The lowest BCUT2D eigenvalue weighted by Crippen LogP contribution is -2.31. The van der Waals surface area contributed by atoms with Gasteiger partial charge in [0.05, 0.1) is 6.42 Å². The van der Waals surface area contributed by atoms with Crippen LogP contribution in [0.25, 0.3) is 0 Å². The van der Waals surface area contributed by atoms with Crippen molar-refractivity contribution in [3.8, 4) is 0 Å². The lowest BCUT2D eigenvalue weighted by molar-refractivity contribution is -0.138. The van der Waals surface area contributed by atoms with E-state index in [9.17, 15) is 9.90 Å². The van der Waals surface area contributed by atoms with Crippen LogP contribution in [0.4, 0.5) is 0 Å². The number of aliphatic carboxylic acids is 1. The standard InChI is InChI=1S/C17H25NO2/c1-2-14-7-6-11-18(12-10-14)16(13-17(19)20)15-8-4-3-5-9-15/h3-5,8-9,14,16H,2,6-7,10-13H2,1H3,(H,19,20). The van der Waals surface area contributed by atoms with E-state index in [1.54, 1.807) is 0 Å². The summed E-state index contributed by atoms with van der Waals surface area (Å²) in [5.74, 6) is 0.0939. The molecule has 1 fully saturated rings. The second-order valence-corrected chi connectivity index (χ2v) is 5.77. The topological polar surface area (TPSA) is 40.5 Å². The zero-order valence-corrected chi connectivity index (χ0v) is 12.3. The summed E-state index contributed by atoms with van der Waals surface area (Å²) in [7, 11) is 0. The molecule has 1 aliphatic rings. The van der Waals surface area contributed by atoms with Crippen molar-refractivity contribution in [1.82, 2.24) is 4.90 Å². The van der Waals surface area contributed by atoms with Crippen molar-refractivity contribution in [2.75, 3.05) is 13.1 Å². The molecule has 0 bridgehead atoms. The maximum absolute atomic E-state index is 11.2. The molecular formula is C17H25NO2. The van der Waals surface area contributed by atoms with Crippen molar-refractivity contribution in [3.63, 3.8) is 0 Å². The predicted molar refractivity (Wildman–Crippen MR) is 80.6 cm³/mol. The molecule has 110 valence electrons. The SMILES string of the molecule is CCC1CCCN(C(CC(=O)O)c2ccccc2)CC1. The monoisotopic (exact) mass is 275 g/mol. The van der Waals surface area contributed by atoms with Gasteiger partial charge in [0.2, 0.25) is 0 Å². The average molecular weight is 275 g/mol.